The Bertz CT molecular complexity index is 1050. The average molecular weight is 396 g/mol. The minimum Gasteiger partial charge on any atom is -0.485 e. The van der Waals surface area contributed by atoms with Crippen molar-refractivity contribution < 1.29 is 28.6 Å². The lowest BCUT2D eigenvalue weighted by atomic mass is 10.1. The number of ether oxygens (including phenoxy) is 2. The van der Waals surface area contributed by atoms with Crippen LogP contribution in [-0.2, 0) is 22.6 Å². The van der Waals surface area contributed by atoms with Gasteiger partial charge in [-0.1, -0.05) is 18.2 Å². The second kappa shape index (κ2) is 7.99. The summed E-state index contributed by atoms with van der Waals surface area (Å²) in [7, 11) is 0. The SMILES string of the molecule is Cc1cc(C(=O)O)cc2cc(COc3ccccc3CC(=O)OC(C)(C)C)oc12. The van der Waals surface area contributed by atoms with Crippen LogP contribution in [0.5, 0.6) is 5.75 Å². The Morgan fingerprint density at radius 3 is 2.52 bits per heavy atom. The van der Waals surface area contributed by atoms with E-state index in [2.05, 4.69) is 0 Å². The van der Waals surface area contributed by atoms with Crippen molar-refractivity contribution in [3.8, 4) is 5.75 Å². The number of hydrogen-bond donors (Lipinski definition) is 1. The molecule has 0 radical (unpaired) electrons. The van der Waals surface area contributed by atoms with Crippen molar-refractivity contribution in [2.24, 2.45) is 0 Å². The van der Waals surface area contributed by atoms with Gasteiger partial charge in [0, 0.05) is 10.9 Å². The molecule has 3 rings (SSSR count). The van der Waals surface area contributed by atoms with Crippen molar-refractivity contribution in [3.05, 3.63) is 64.9 Å². The highest BCUT2D eigenvalue weighted by molar-refractivity contribution is 5.94. The summed E-state index contributed by atoms with van der Waals surface area (Å²) >= 11 is 0. The number of carboxylic acids is 1. The molecule has 1 heterocycles. The summed E-state index contributed by atoms with van der Waals surface area (Å²) in [4.78, 5) is 23.4. The molecule has 0 aliphatic rings. The van der Waals surface area contributed by atoms with E-state index in [1.165, 1.54) is 0 Å². The first-order valence-electron chi connectivity index (χ1n) is 9.31. The van der Waals surface area contributed by atoms with E-state index in [0.717, 1.165) is 11.1 Å². The zero-order chi connectivity index (χ0) is 21.2. The number of fused-ring (bicyclic) bond motifs is 1. The molecule has 6 heteroatoms. The van der Waals surface area contributed by atoms with Gasteiger partial charge >= 0.3 is 11.9 Å². The Balaban J connectivity index is 1.76. The van der Waals surface area contributed by atoms with Gasteiger partial charge in [-0.25, -0.2) is 4.79 Å². The molecule has 0 saturated heterocycles. The molecule has 0 aliphatic carbocycles. The lowest BCUT2D eigenvalue weighted by molar-refractivity contribution is -0.153. The van der Waals surface area contributed by atoms with E-state index in [0.29, 0.717) is 22.5 Å². The zero-order valence-electron chi connectivity index (χ0n) is 16.9. The van der Waals surface area contributed by atoms with E-state index in [1.54, 1.807) is 31.2 Å². The number of rotatable bonds is 6. The monoisotopic (exact) mass is 396 g/mol. The smallest absolute Gasteiger partial charge is 0.335 e. The summed E-state index contributed by atoms with van der Waals surface area (Å²) in [5.41, 5.74) is 1.77. The normalized spacial score (nSPS) is 11.4. The minimum atomic E-state index is -0.981. The van der Waals surface area contributed by atoms with Crippen LogP contribution in [0.3, 0.4) is 0 Å². The average Bonchev–Trinajstić information content (AvgIpc) is 3.03. The Morgan fingerprint density at radius 2 is 1.83 bits per heavy atom. The second-order valence-electron chi connectivity index (χ2n) is 7.89. The van der Waals surface area contributed by atoms with Gasteiger partial charge in [0.1, 0.15) is 29.3 Å². The van der Waals surface area contributed by atoms with Crippen LogP contribution in [0.2, 0.25) is 0 Å². The van der Waals surface area contributed by atoms with Crippen molar-refractivity contribution >= 4 is 22.9 Å². The van der Waals surface area contributed by atoms with Gasteiger partial charge in [0.2, 0.25) is 0 Å². The molecule has 0 saturated carbocycles. The van der Waals surface area contributed by atoms with Crippen LogP contribution in [0.15, 0.2) is 46.9 Å². The zero-order valence-corrected chi connectivity index (χ0v) is 16.9. The van der Waals surface area contributed by atoms with E-state index in [9.17, 15) is 14.7 Å². The topological polar surface area (TPSA) is 86.0 Å². The number of furan rings is 1. The molecule has 0 bridgehead atoms. The van der Waals surface area contributed by atoms with Gasteiger partial charge in [-0.05, 0) is 57.5 Å². The standard InChI is InChI=1S/C23H24O6/c1-14-9-17(22(25)26)10-16-11-18(28-21(14)16)13-27-19-8-6-5-7-15(19)12-20(24)29-23(2,3)4/h5-11H,12-13H2,1-4H3,(H,25,26). The number of benzene rings is 2. The van der Waals surface area contributed by atoms with E-state index >= 15 is 0 Å². The second-order valence-corrected chi connectivity index (χ2v) is 7.89. The number of carboxylic acid groups (broad SMARTS) is 1. The predicted octanol–water partition coefficient (Wildman–Crippen LogP) is 4.90. The predicted molar refractivity (Wildman–Crippen MR) is 108 cm³/mol. The van der Waals surface area contributed by atoms with Crippen molar-refractivity contribution in [3.63, 3.8) is 0 Å². The first-order chi connectivity index (χ1) is 13.6. The first kappa shape index (κ1) is 20.5. The van der Waals surface area contributed by atoms with Gasteiger partial charge in [-0.2, -0.15) is 0 Å². The Hall–Kier alpha value is -3.28. The molecule has 0 unspecified atom stereocenters. The molecule has 3 aromatic rings. The van der Waals surface area contributed by atoms with E-state index in [1.807, 2.05) is 39.0 Å². The summed E-state index contributed by atoms with van der Waals surface area (Å²) in [5, 5.41) is 9.92. The molecule has 0 fully saturated rings. The molecule has 0 aliphatic heterocycles. The third-order valence-corrected chi connectivity index (χ3v) is 4.20. The number of esters is 1. The highest BCUT2D eigenvalue weighted by atomic mass is 16.6. The van der Waals surface area contributed by atoms with Gasteiger partial charge in [0.15, 0.2) is 0 Å². The molecule has 1 aromatic heterocycles. The number of para-hydroxylation sites is 1. The highest BCUT2D eigenvalue weighted by Gasteiger charge is 2.18. The van der Waals surface area contributed by atoms with Crippen molar-refractivity contribution in [2.45, 2.75) is 46.3 Å². The van der Waals surface area contributed by atoms with Crippen LogP contribution in [0.4, 0.5) is 0 Å². The molecular formula is C23H24O6. The van der Waals surface area contributed by atoms with E-state index in [4.69, 9.17) is 13.9 Å². The van der Waals surface area contributed by atoms with Crippen molar-refractivity contribution in [1.29, 1.82) is 0 Å². The number of hydrogen-bond acceptors (Lipinski definition) is 5. The maximum atomic E-state index is 12.2. The van der Waals surface area contributed by atoms with Crippen LogP contribution in [0, 0.1) is 6.92 Å². The van der Waals surface area contributed by atoms with Crippen molar-refractivity contribution in [1.82, 2.24) is 0 Å². The fraction of sp³-hybridized carbons (Fsp3) is 0.304. The van der Waals surface area contributed by atoms with Crippen molar-refractivity contribution in [2.75, 3.05) is 0 Å². The molecule has 29 heavy (non-hydrogen) atoms. The maximum absolute atomic E-state index is 12.2. The van der Waals surface area contributed by atoms with Crippen LogP contribution in [0.1, 0.15) is 48.0 Å². The maximum Gasteiger partial charge on any atom is 0.335 e. The van der Waals surface area contributed by atoms with Crippen LogP contribution in [-0.4, -0.2) is 22.6 Å². The summed E-state index contributed by atoms with van der Waals surface area (Å²) in [6.45, 7) is 7.44. The summed E-state index contributed by atoms with van der Waals surface area (Å²) < 4.78 is 17.1. The molecule has 152 valence electrons. The molecular weight excluding hydrogens is 372 g/mol. The molecule has 6 nitrogen and oxygen atoms in total. The quantitative estimate of drug-likeness (QED) is 0.596. The third kappa shape index (κ3) is 5.16. The third-order valence-electron chi connectivity index (χ3n) is 4.20. The number of aryl methyl sites for hydroxylation is 1. The summed E-state index contributed by atoms with van der Waals surface area (Å²) in [6, 6.07) is 12.2. The number of carbonyl (C=O) groups excluding carboxylic acids is 1. The lowest BCUT2D eigenvalue weighted by Crippen LogP contribution is -2.25. The van der Waals surface area contributed by atoms with Crippen LogP contribution < -0.4 is 4.74 Å². The van der Waals surface area contributed by atoms with Crippen LogP contribution >= 0.6 is 0 Å². The fourth-order valence-corrected chi connectivity index (χ4v) is 3.05. The van der Waals surface area contributed by atoms with Gasteiger partial charge in [-0.3, -0.25) is 4.79 Å². The number of carbonyl (C=O) groups is 2. The largest absolute Gasteiger partial charge is 0.485 e. The Kier molecular flexibility index (Phi) is 5.64. The Labute approximate surface area is 169 Å². The summed E-state index contributed by atoms with van der Waals surface area (Å²) in [5.74, 6) is -0.168. The van der Waals surface area contributed by atoms with Gasteiger partial charge < -0.3 is 19.0 Å². The van der Waals surface area contributed by atoms with Gasteiger partial charge in [0.05, 0.1) is 12.0 Å². The molecule has 2 aromatic carbocycles. The summed E-state index contributed by atoms with van der Waals surface area (Å²) in [6.07, 6.45) is 0.106. The molecule has 1 N–H and O–H groups in total. The lowest BCUT2D eigenvalue weighted by Gasteiger charge is -2.20. The molecule has 0 spiro atoms. The van der Waals surface area contributed by atoms with Gasteiger partial charge in [-0.15, -0.1) is 0 Å². The molecule has 0 atom stereocenters. The minimum absolute atomic E-state index is 0.106. The fourth-order valence-electron chi connectivity index (χ4n) is 3.05. The highest BCUT2D eigenvalue weighted by Crippen LogP contribution is 2.27. The Morgan fingerprint density at radius 1 is 1.10 bits per heavy atom. The molecule has 0 amide bonds. The van der Waals surface area contributed by atoms with Crippen LogP contribution in [0.25, 0.3) is 11.0 Å². The van der Waals surface area contributed by atoms with E-state index in [-0.39, 0.29) is 24.6 Å². The van der Waals surface area contributed by atoms with Gasteiger partial charge in [0.25, 0.3) is 0 Å². The van der Waals surface area contributed by atoms with E-state index < -0.39 is 11.6 Å². The number of aromatic carboxylic acids is 1. The first-order valence-corrected chi connectivity index (χ1v) is 9.31.